The molecule has 8 heteroatoms. The van der Waals surface area contributed by atoms with Gasteiger partial charge in [0.2, 0.25) is 0 Å². The summed E-state index contributed by atoms with van der Waals surface area (Å²) in [5.74, 6) is -0.500. The molecule has 0 spiro atoms. The fourth-order valence-corrected chi connectivity index (χ4v) is 3.59. The molecule has 22 heavy (non-hydrogen) atoms. The second kappa shape index (κ2) is 6.46. The monoisotopic (exact) mass is 377 g/mol. The third-order valence-electron chi connectivity index (χ3n) is 2.71. The van der Waals surface area contributed by atoms with E-state index in [1.54, 1.807) is 0 Å². The Morgan fingerprint density at radius 3 is 2.14 bits per heavy atom. The summed E-state index contributed by atoms with van der Waals surface area (Å²) < 4.78 is 23.3. The van der Waals surface area contributed by atoms with Crippen molar-refractivity contribution in [2.24, 2.45) is 0 Å². The van der Waals surface area contributed by atoms with Gasteiger partial charge >= 0.3 is 0 Å². The van der Waals surface area contributed by atoms with E-state index in [1.807, 2.05) is 0 Å². The first kappa shape index (κ1) is 17.1. The highest BCUT2D eigenvalue weighted by atomic mass is 35.5. The summed E-state index contributed by atoms with van der Waals surface area (Å²) in [7, 11) is -3.53. The molecule has 0 aliphatic rings. The molecule has 0 fully saturated rings. The van der Waals surface area contributed by atoms with E-state index in [0.29, 0.717) is 15.7 Å². The molecule has 0 unspecified atom stereocenters. The lowest BCUT2D eigenvalue weighted by molar-refractivity contribution is 0.102. The van der Waals surface area contributed by atoms with Crippen molar-refractivity contribution in [3.05, 3.63) is 57.0 Å². The molecule has 0 radical (unpaired) electrons. The lowest BCUT2D eigenvalue weighted by Crippen LogP contribution is -2.13. The first-order valence-corrected chi connectivity index (χ1v) is 8.96. The van der Waals surface area contributed by atoms with Crippen LogP contribution in [0.15, 0.2) is 41.3 Å². The molecule has 2 aromatic carbocycles. The smallest absolute Gasteiger partial charge is 0.255 e. The summed E-state index contributed by atoms with van der Waals surface area (Å²) in [5.41, 5.74) is 0.555. The quantitative estimate of drug-likeness (QED) is 0.866. The van der Waals surface area contributed by atoms with E-state index in [9.17, 15) is 13.2 Å². The summed E-state index contributed by atoms with van der Waals surface area (Å²) in [5, 5.41) is 3.39. The maximum absolute atomic E-state index is 12.2. The van der Waals surface area contributed by atoms with Crippen LogP contribution in [-0.2, 0) is 9.84 Å². The molecule has 2 aromatic rings. The van der Waals surface area contributed by atoms with Gasteiger partial charge in [0.1, 0.15) is 0 Å². The Morgan fingerprint density at radius 2 is 1.59 bits per heavy atom. The van der Waals surface area contributed by atoms with Gasteiger partial charge < -0.3 is 5.32 Å². The van der Waals surface area contributed by atoms with E-state index in [2.05, 4.69) is 5.32 Å². The third-order valence-corrected chi connectivity index (χ3v) is 4.73. The van der Waals surface area contributed by atoms with Gasteiger partial charge in [0.25, 0.3) is 5.91 Å². The lowest BCUT2D eigenvalue weighted by Gasteiger charge is -2.08. The number of carbonyl (C=O) groups excluding carboxylic acids is 1. The van der Waals surface area contributed by atoms with Gasteiger partial charge in [0, 0.05) is 27.6 Å². The molecule has 0 aromatic heterocycles. The molecule has 0 bridgehead atoms. The topological polar surface area (TPSA) is 63.2 Å². The average molecular weight is 379 g/mol. The number of carbonyl (C=O) groups is 1. The van der Waals surface area contributed by atoms with Crippen LogP contribution in [0.25, 0.3) is 0 Å². The molecule has 0 aliphatic heterocycles. The van der Waals surface area contributed by atoms with E-state index in [0.717, 1.165) is 6.26 Å². The molecule has 2 rings (SSSR count). The Hall–Kier alpha value is -1.27. The fraction of sp³-hybridized carbons (Fsp3) is 0.0714. The van der Waals surface area contributed by atoms with Crippen LogP contribution in [0.2, 0.25) is 15.1 Å². The number of halogens is 3. The number of anilines is 1. The van der Waals surface area contributed by atoms with Crippen LogP contribution in [-0.4, -0.2) is 20.6 Å². The van der Waals surface area contributed by atoms with Crippen LogP contribution < -0.4 is 5.32 Å². The molecule has 0 saturated heterocycles. The highest BCUT2D eigenvalue weighted by molar-refractivity contribution is 7.90. The summed E-state index contributed by atoms with van der Waals surface area (Å²) in [4.78, 5) is 12.1. The number of amides is 1. The van der Waals surface area contributed by atoms with Crippen molar-refractivity contribution >= 4 is 56.2 Å². The van der Waals surface area contributed by atoms with Crippen LogP contribution in [0.1, 0.15) is 10.4 Å². The molecule has 1 amide bonds. The Morgan fingerprint density at radius 1 is 1.00 bits per heavy atom. The average Bonchev–Trinajstić information content (AvgIpc) is 2.36. The molecule has 4 nitrogen and oxygen atoms in total. The minimum atomic E-state index is -3.53. The Balaban J connectivity index is 2.34. The minimum absolute atomic E-state index is 0.0600. The fourth-order valence-electron chi connectivity index (χ4n) is 1.76. The van der Waals surface area contributed by atoms with Crippen LogP contribution in [0, 0.1) is 0 Å². The van der Waals surface area contributed by atoms with E-state index in [-0.39, 0.29) is 15.5 Å². The molecule has 116 valence electrons. The molecule has 0 atom stereocenters. The maximum atomic E-state index is 12.2. The van der Waals surface area contributed by atoms with E-state index in [4.69, 9.17) is 34.8 Å². The van der Waals surface area contributed by atoms with Crippen LogP contribution in [0.5, 0.6) is 0 Å². The van der Waals surface area contributed by atoms with E-state index in [1.165, 1.54) is 36.4 Å². The summed E-state index contributed by atoms with van der Waals surface area (Å²) in [6.45, 7) is 0. The number of benzene rings is 2. The van der Waals surface area contributed by atoms with Crippen molar-refractivity contribution in [1.29, 1.82) is 0 Å². The zero-order chi connectivity index (χ0) is 16.5. The second-order valence-electron chi connectivity index (χ2n) is 4.53. The number of sulfone groups is 1. The number of nitrogens with one attached hydrogen (secondary N) is 1. The van der Waals surface area contributed by atoms with Crippen molar-refractivity contribution < 1.29 is 13.2 Å². The molecule has 1 N–H and O–H groups in total. The van der Waals surface area contributed by atoms with Crippen LogP contribution in [0.4, 0.5) is 5.69 Å². The molecular weight excluding hydrogens is 369 g/mol. The number of hydrogen-bond donors (Lipinski definition) is 1. The van der Waals surface area contributed by atoms with Gasteiger partial charge in [-0.1, -0.05) is 34.8 Å². The Labute approximate surface area is 142 Å². The van der Waals surface area contributed by atoms with Crippen molar-refractivity contribution in [2.45, 2.75) is 4.90 Å². The zero-order valence-electron chi connectivity index (χ0n) is 11.2. The van der Waals surface area contributed by atoms with E-state index >= 15 is 0 Å². The highest BCUT2D eigenvalue weighted by Gasteiger charge is 2.16. The van der Waals surface area contributed by atoms with Gasteiger partial charge in [0.05, 0.1) is 9.92 Å². The summed E-state index contributed by atoms with van der Waals surface area (Å²) in [6.07, 6.45) is 1.02. The van der Waals surface area contributed by atoms with Gasteiger partial charge in [-0.3, -0.25) is 4.79 Å². The third kappa shape index (κ3) is 4.14. The van der Waals surface area contributed by atoms with Crippen molar-refractivity contribution in [1.82, 2.24) is 0 Å². The number of hydrogen-bond acceptors (Lipinski definition) is 3. The van der Waals surface area contributed by atoms with Gasteiger partial charge in [0.15, 0.2) is 9.84 Å². The van der Waals surface area contributed by atoms with Gasteiger partial charge in [-0.25, -0.2) is 8.42 Å². The lowest BCUT2D eigenvalue weighted by atomic mass is 10.2. The predicted molar refractivity (Wildman–Crippen MR) is 89.0 cm³/mol. The first-order valence-electron chi connectivity index (χ1n) is 5.94. The Bertz CT molecular complexity index is 830. The normalized spacial score (nSPS) is 11.3. The van der Waals surface area contributed by atoms with Gasteiger partial charge in [-0.05, 0) is 36.4 Å². The molecule has 0 saturated carbocycles. The van der Waals surface area contributed by atoms with Crippen LogP contribution in [0.3, 0.4) is 0 Å². The summed E-state index contributed by atoms with van der Waals surface area (Å²) >= 11 is 17.5. The molecule has 0 heterocycles. The van der Waals surface area contributed by atoms with Gasteiger partial charge in [-0.2, -0.15) is 0 Å². The Kier molecular flexibility index (Phi) is 5.02. The molecule has 0 aliphatic carbocycles. The SMILES string of the molecule is CS(=O)(=O)c1cc(C(=O)Nc2cc(Cl)cc(Cl)c2)ccc1Cl. The largest absolute Gasteiger partial charge is 0.322 e. The number of rotatable bonds is 3. The minimum Gasteiger partial charge on any atom is -0.322 e. The van der Waals surface area contributed by atoms with Crippen LogP contribution >= 0.6 is 34.8 Å². The zero-order valence-corrected chi connectivity index (χ0v) is 14.3. The highest BCUT2D eigenvalue weighted by Crippen LogP contribution is 2.25. The van der Waals surface area contributed by atoms with Crippen molar-refractivity contribution in [3.63, 3.8) is 0 Å². The van der Waals surface area contributed by atoms with Gasteiger partial charge in [-0.15, -0.1) is 0 Å². The summed E-state index contributed by atoms with van der Waals surface area (Å²) in [6, 6.07) is 8.59. The van der Waals surface area contributed by atoms with E-state index < -0.39 is 15.7 Å². The second-order valence-corrected chi connectivity index (χ2v) is 7.79. The maximum Gasteiger partial charge on any atom is 0.255 e. The van der Waals surface area contributed by atoms with Crippen molar-refractivity contribution in [2.75, 3.05) is 11.6 Å². The first-order chi connectivity index (χ1) is 10.2. The van der Waals surface area contributed by atoms with Crippen molar-refractivity contribution in [3.8, 4) is 0 Å². The standard InChI is InChI=1S/C14H10Cl3NO3S/c1-22(20,21)13-4-8(2-3-12(13)17)14(19)18-11-6-9(15)5-10(16)7-11/h2-7H,1H3,(H,18,19). The molecular formula is C14H10Cl3NO3S. The predicted octanol–water partition coefficient (Wildman–Crippen LogP) is 4.30.